The van der Waals surface area contributed by atoms with Gasteiger partial charge in [-0.25, -0.2) is 0 Å². The van der Waals surface area contributed by atoms with Crippen LogP contribution in [0.3, 0.4) is 0 Å². The summed E-state index contributed by atoms with van der Waals surface area (Å²) in [7, 11) is 1.75. The predicted octanol–water partition coefficient (Wildman–Crippen LogP) is 5.29. The van der Waals surface area contributed by atoms with Gasteiger partial charge in [0.15, 0.2) is 6.71 Å². The standard InChI is InChI=1S/C27H32BN3O/c1-26(2)17-10-18-13-28(15-27(18,3)25(26)11-17)19-6-8-24(32-4)21(12-19)16-5-7-20-22(29)14-30-31-23(20)9-16/h5-9,12,14,17-18,25H,10-11,13,15H2,1-4H3,(H2,29,31)/t17-,18+,25+,27-/m1/s1. The van der Waals surface area contributed by atoms with Gasteiger partial charge in [-0.3, -0.25) is 0 Å². The SMILES string of the molecule is COc1ccc(B2C[C@@H]3C[C@@H]4C[C@@H](C4(C)C)[C@]3(C)C2)cc1-c1ccc2c(N)cnnc2c1. The molecule has 7 rings (SSSR count). The third-order valence-electron chi connectivity index (χ3n) is 9.70. The fourth-order valence-electron chi connectivity index (χ4n) is 7.77. The van der Waals surface area contributed by atoms with Crippen LogP contribution in [0, 0.1) is 28.6 Å². The van der Waals surface area contributed by atoms with Gasteiger partial charge in [-0.2, -0.15) is 10.2 Å². The molecule has 2 aromatic carbocycles. The maximum absolute atomic E-state index is 6.08. The topological polar surface area (TPSA) is 61.0 Å². The van der Waals surface area contributed by atoms with E-state index < -0.39 is 0 Å². The fourth-order valence-corrected chi connectivity index (χ4v) is 7.77. The van der Waals surface area contributed by atoms with Gasteiger partial charge in [0.25, 0.3) is 0 Å². The van der Waals surface area contributed by atoms with Crippen molar-refractivity contribution in [2.75, 3.05) is 12.8 Å². The number of hydrogen-bond donors (Lipinski definition) is 1. The molecule has 5 heteroatoms. The predicted molar refractivity (Wildman–Crippen MR) is 133 cm³/mol. The molecule has 1 aliphatic heterocycles. The summed E-state index contributed by atoms with van der Waals surface area (Å²) < 4.78 is 5.76. The summed E-state index contributed by atoms with van der Waals surface area (Å²) in [6.07, 6.45) is 7.11. The molecule has 3 saturated carbocycles. The van der Waals surface area contributed by atoms with Crippen LogP contribution in [0.5, 0.6) is 5.75 Å². The van der Waals surface area contributed by atoms with Gasteiger partial charge in [0.2, 0.25) is 0 Å². The molecule has 3 aliphatic carbocycles. The quantitative estimate of drug-likeness (QED) is 0.579. The second kappa shape index (κ2) is 6.72. The number of nitrogens with two attached hydrogens (primary N) is 1. The Morgan fingerprint density at radius 1 is 1.06 bits per heavy atom. The van der Waals surface area contributed by atoms with Crippen molar-refractivity contribution in [2.24, 2.45) is 28.6 Å². The Bertz CT molecular complexity index is 1220. The van der Waals surface area contributed by atoms with E-state index in [2.05, 4.69) is 61.3 Å². The normalized spacial score (nSPS) is 30.1. The lowest BCUT2D eigenvalue weighted by Gasteiger charge is -2.66. The van der Waals surface area contributed by atoms with Gasteiger partial charge in [-0.05, 0) is 65.2 Å². The number of methoxy groups -OCH3 is 1. The number of nitrogen functional groups attached to an aromatic ring is 1. The summed E-state index contributed by atoms with van der Waals surface area (Å²) in [5.41, 5.74) is 12.2. The summed E-state index contributed by atoms with van der Waals surface area (Å²) in [4.78, 5) is 0. The van der Waals surface area contributed by atoms with Crippen LogP contribution < -0.4 is 15.9 Å². The minimum atomic E-state index is 0.485. The number of hydrogen-bond acceptors (Lipinski definition) is 4. The molecule has 1 saturated heterocycles. The van der Waals surface area contributed by atoms with Gasteiger partial charge in [0.1, 0.15) is 5.75 Å². The minimum Gasteiger partial charge on any atom is -0.496 e. The number of nitrogens with zero attached hydrogens (tertiary/aromatic N) is 2. The molecule has 2 bridgehead atoms. The average Bonchev–Trinajstić information content (AvgIpc) is 3.15. The highest BCUT2D eigenvalue weighted by Crippen LogP contribution is 2.72. The first kappa shape index (κ1) is 20.1. The zero-order valence-electron chi connectivity index (χ0n) is 19.6. The third-order valence-corrected chi connectivity index (χ3v) is 9.70. The van der Waals surface area contributed by atoms with E-state index >= 15 is 0 Å². The highest BCUT2D eigenvalue weighted by Gasteiger charge is 2.65. The molecule has 2 heterocycles. The van der Waals surface area contributed by atoms with Crippen molar-refractivity contribution in [1.82, 2.24) is 10.2 Å². The van der Waals surface area contributed by atoms with Crippen LogP contribution in [0.15, 0.2) is 42.6 Å². The van der Waals surface area contributed by atoms with E-state index in [0.29, 0.717) is 23.2 Å². The van der Waals surface area contributed by atoms with Crippen LogP contribution in [0.25, 0.3) is 22.0 Å². The first-order valence-corrected chi connectivity index (χ1v) is 12.0. The molecular formula is C27H32BN3O. The lowest BCUT2D eigenvalue weighted by Crippen LogP contribution is -2.58. The van der Waals surface area contributed by atoms with Crippen LogP contribution >= 0.6 is 0 Å². The highest BCUT2D eigenvalue weighted by atomic mass is 16.5. The molecule has 0 unspecified atom stereocenters. The Kier molecular flexibility index (Phi) is 4.22. The number of aromatic nitrogens is 2. The van der Waals surface area contributed by atoms with Crippen LogP contribution in [-0.4, -0.2) is 24.0 Å². The monoisotopic (exact) mass is 425 g/mol. The van der Waals surface area contributed by atoms with Crippen molar-refractivity contribution in [1.29, 1.82) is 0 Å². The van der Waals surface area contributed by atoms with Crippen molar-refractivity contribution in [2.45, 2.75) is 46.3 Å². The van der Waals surface area contributed by atoms with E-state index in [0.717, 1.165) is 45.5 Å². The maximum Gasteiger partial charge on any atom is 0.176 e. The van der Waals surface area contributed by atoms with Gasteiger partial charge >= 0.3 is 0 Å². The average molecular weight is 425 g/mol. The molecule has 3 aromatic rings. The zero-order chi connectivity index (χ0) is 22.3. The van der Waals surface area contributed by atoms with E-state index in [1.807, 2.05) is 6.07 Å². The lowest BCUT2D eigenvalue weighted by atomic mass is 9.37. The second-order valence-corrected chi connectivity index (χ2v) is 11.4. The number of benzene rings is 2. The summed E-state index contributed by atoms with van der Waals surface area (Å²) in [5.74, 6) is 3.58. The Balaban J connectivity index is 1.37. The summed E-state index contributed by atoms with van der Waals surface area (Å²) >= 11 is 0. The molecular weight excluding hydrogens is 393 g/mol. The zero-order valence-corrected chi connectivity index (χ0v) is 19.6. The lowest BCUT2D eigenvalue weighted by molar-refractivity contribution is -0.165. The second-order valence-electron chi connectivity index (χ2n) is 11.4. The first-order chi connectivity index (χ1) is 15.3. The Morgan fingerprint density at radius 3 is 2.69 bits per heavy atom. The highest BCUT2D eigenvalue weighted by molar-refractivity contribution is 6.74. The smallest absolute Gasteiger partial charge is 0.176 e. The van der Waals surface area contributed by atoms with Gasteiger partial charge in [-0.1, -0.05) is 57.1 Å². The number of fused-ring (bicyclic) bond motifs is 1. The summed E-state index contributed by atoms with van der Waals surface area (Å²) in [5, 5.41) is 9.27. The summed E-state index contributed by atoms with van der Waals surface area (Å²) in [6, 6.07) is 13.0. The molecule has 4 atom stereocenters. The molecule has 0 amide bonds. The molecule has 4 fully saturated rings. The molecule has 4 nitrogen and oxygen atoms in total. The molecule has 32 heavy (non-hydrogen) atoms. The van der Waals surface area contributed by atoms with Gasteiger partial charge in [-0.15, -0.1) is 0 Å². The van der Waals surface area contributed by atoms with Gasteiger partial charge in [0.05, 0.1) is 24.5 Å². The van der Waals surface area contributed by atoms with E-state index in [9.17, 15) is 0 Å². The van der Waals surface area contributed by atoms with Crippen molar-refractivity contribution >= 4 is 28.8 Å². The fraction of sp³-hybridized carbons (Fsp3) is 0.481. The first-order valence-electron chi connectivity index (χ1n) is 12.0. The molecule has 4 aliphatic rings. The number of anilines is 1. The summed E-state index contributed by atoms with van der Waals surface area (Å²) in [6.45, 7) is 8.25. The number of rotatable bonds is 3. The Morgan fingerprint density at radius 2 is 1.91 bits per heavy atom. The minimum absolute atomic E-state index is 0.485. The van der Waals surface area contributed by atoms with Gasteiger partial charge in [0, 0.05) is 10.9 Å². The Hall–Kier alpha value is -2.56. The largest absolute Gasteiger partial charge is 0.496 e. The van der Waals surface area contributed by atoms with Crippen molar-refractivity contribution in [3.05, 3.63) is 42.6 Å². The number of ether oxygens (including phenoxy) is 1. The van der Waals surface area contributed by atoms with Crippen LogP contribution in [0.2, 0.25) is 12.6 Å². The van der Waals surface area contributed by atoms with E-state index in [1.165, 1.54) is 30.9 Å². The molecule has 0 spiro atoms. The molecule has 1 aromatic heterocycles. The van der Waals surface area contributed by atoms with Crippen LogP contribution in [-0.2, 0) is 0 Å². The maximum atomic E-state index is 6.08. The third kappa shape index (κ3) is 2.69. The van der Waals surface area contributed by atoms with E-state index in [1.54, 1.807) is 13.3 Å². The van der Waals surface area contributed by atoms with Crippen LogP contribution in [0.4, 0.5) is 5.69 Å². The molecule has 164 valence electrons. The van der Waals surface area contributed by atoms with E-state index in [4.69, 9.17) is 10.5 Å². The Labute approximate surface area is 191 Å². The van der Waals surface area contributed by atoms with Crippen LogP contribution in [0.1, 0.15) is 33.6 Å². The van der Waals surface area contributed by atoms with Crippen molar-refractivity contribution in [3.8, 4) is 16.9 Å². The molecule has 0 radical (unpaired) electrons. The van der Waals surface area contributed by atoms with Gasteiger partial charge < -0.3 is 10.5 Å². The van der Waals surface area contributed by atoms with Crippen molar-refractivity contribution in [3.63, 3.8) is 0 Å². The molecule has 2 N–H and O–H groups in total. The van der Waals surface area contributed by atoms with E-state index in [-0.39, 0.29) is 0 Å². The van der Waals surface area contributed by atoms with Crippen molar-refractivity contribution < 1.29 is 4.74 Å².